The van der Waals surface area contributed by atoms with Crippen molar-refractivity contribution in [1.82, 2.24) is 0 Å². The van der Waals surface area contributed by atoms with E-state index in [0.29, 0.717) is 5.56 Å². The lowest BCUT2D eigenvalue weighted by molar-refractivity contribution is -0.129. The van der Waals surface area contributed by atoms with Crippen molar-refractivity contribution < 1.29 is 9.90 Å². The summed E-state index contributed by atoms with van der Waals surface area (Å²) in [6.07, 6.45) is 1.12. The van der Waals surface area contributed by atoms with Crippen molar-refractivity contribution in [2.75, 3.05) is 0 Å². The van der Waals surface area contributed by atoms with Gasteiger partial charge in [0.1, 0.15) is 5.71 Å². The Morgan fingerprint density at radius 2 is 1.93 bits per heavy atom. The maximum absolute atomic E-state index is 10.3. The second-order valence-electron chi connectivity index (χ2n) is 2.68. The lowest BCUT2D eigenvalue weighted by atomic mass is 10.1. The fourth-order valence-electron chi connectivity index (χ4n) is 0.931. The fraction of sp³-hybridized carbons (Fsp3) is 0. The van der Waals surface area contributed by atoms with Crippen LogP contribution in [0.4, 0.5) is 0 Å². The van der Waals surface area contributed by atoms with Crippen LogP contribution in [0, 0.1) is 5.41 Å². The highest BCUT2D eigenvalue weighted by atomic mass is 16.4. The van der Waals surface area contributed by atoms with Crippen LogP contribution in [0.25, 0.3) is 5.70 Å². The molecule has 4 N–H and O–H groups in total. The van der Waals surface area contributed by atoms with Gasteiger partial charge in [-0.3, -0.25) is 5.41 Å². The third kappa shape index (κ3) is 2.45. The molecule has 1 aromatic carbocycles. The first-order chi connectivity index (χ1) is 6.61. The molecule has 0 saturated carbocycles. The molecular formula is C10H10N2O2. The van der Waals surface area contributed by atoms with Crippen molar-refractivity contribution >= 4 is 17.4 Å². The van der Waals surface area contributed by atoms with E-state index in [2.05, 4.69) is 0 Å². The van der Waals surface area contributed by atoms with Crippen molar-refractivity contribution in [2.24, 2.45) is 5.73 Å². The molecule has 0 fully saturated rings. The molecule has 0 spiro atoms. The van der Waals surface area contributed by atoms with Crippen molar-refractivity contribution in [3.05, 3.63) is 42.0 Å². The Morgan fingerprint density at radius 1 is 1.36 bits per heavy atom. The first kappa shape index (κ1) is 9.98. The number of carboxylic acid groups (broad SMARTS) is 1. The highest BCUT2D eigenvalue weighted by molar-refractivity contribution is 6.40. The standard InChI is InChI=1S/C10H10N2O2/c11-8(6-9(12)10(13)14)7-4-2-1-3-5-7/h1-6,12H,11H2,(H,13,14)/b8-6-,12-9?. The number of aliphatic carboxylic acids is 1. The fourth-order valence-corrected chi connectivity index (χ4v) is 0.931. The van der Waals surface area contributed by atoms with Gasteiger partial charge in [0, 0.05) is 5.70 Å². The molecule has 0 amide bonds. The SMILES string of the molecule is N=C(/C=C(\N)c1ccccc1)C(=O)O. The summed E-state index contributed by atoms with van der Waals surface area (Å²) < 4.78 is 0. The van der Waals surface area contributed by atoms with Crippen LogP contribution in [0.5, 0.6) is 0 Å². The molecule has 14 heavy (non-hydrogen) atoms. The minimum atomic E-state index is -1.29. The minimum Gasteiger partial charge on any atom is -0.477 e. The third-order valence-electron chi connectivity index (χ3n) is 1.64. The average molecular weight is 190 g/mol. The van der Waals surface area contributed by atoms with Gasteiger partial charge in [0.25, 0.3) is 0 Å². The summed E-state index contributed by atoms with van der Waals surface area (Å²) in [4.78, 5) is 10.3. The first-order valence-electron chi connectivity index (χ1n) is 3.95. The van der Waals surface area contributed by atoms with E-state index in [1.807, 2.05) is 6.07 Å². The van der Waals surface area contributed by atoms with Crippen LogP contribution in [-0.2, 0) is 4.79 Å². The van der Waals surface area contributed by atoms with Gasteiger partial charge < -0.3 is 10.8 Å². The Hall–Kier alpha value is -2.10. The number of hydrogen-bond donors (Lipinski definition) is 3. The predicted molar refractivity (Wildman–Crippen MR) is 54.0 cm³/mol. The molecule has 0 aliphatic rings. The number of nitrogens with two attached hydrogens (primary N) is 1. The van der Waals surface area contributed by atoms with Gasteiger partial charge in [-0.05, 0) is 11.6 Å². The van der Waals surface area contributed by atoms with Crippen LogP contribution >= 0.6 is 0 Å². The average Bonchev–Trinajstić information content (AvgIpc) is 2.19. The van der Waals surface area contributed by atoms with Gasteiger partial charge in [-0.2, -0.15) is 0 Å². The van der Waals surface area contributed by atoms with Crippen molar-refractivity contribution in [2.45, 2.75) is 0 Å². The molecule has 72 valence electrons. The van der Waals surface area contributed by atoms with Crippen LogP contribution in [0.15, 0.2) is 36.4 Å². The number of nitrogens with one attached hydrogen (secondary N) is 1. The van der Waals surface area contributed by atoms with E-state index < -0.39 is 11.7 Å². The third-order valence-corrected chi connectivity index (χ3v) is 1.64. The summed E-state index contributed by atoms with van der Waals surface area (Å²) in [6.45, 7) is 0. The summed E-state index contributed by atoms with van der Waals surface area (Å²) in [5.74, 6) is -1.29. The summed E-state index contributed by atoms with van der Waals surface area (Å²) in [5, 5.41) is 15.5. The Kier molecular flexibility index (Phi) is 3.01. The van der Waals surface area contributed by atoms with Gasteiger partial charge in [0.2, 0.25) is 0 Å². The maximum atomic E-state index is 10.3. The molecule has 0 aliphatic heterocycles. The number of benzene rings is 1. The number of hydrogen-bond acceptors (Lipinski definition) is 3. The quantitative estimate of drug-likeness (QED) is 0.623. The molecule has 1 rings (SSSR count). The molecule has 0 unspecified atom stereocenters. The zero-order chi connectivity index (χ0) is 10.6. The predicted octanol–water partition coefficient (Wildman–Crippen LogP) is 1.09. The molecule has 0 radical (unpaired) electrons. The zero-order valence-electron chi connectivity index (χ0n) is 7.40. The van der Waals surface area contributed by atoms with Crippen molar-refractivity contribution in [3.8, 4) is 0 Å². The highest BCUT2D eigenvalue weighted by Crippen LogP contribution is 2.07. The first-order valence-corrected chi connectivity index (χ1v) is 3.95. The van der Waals surface area contributed by atoms with Gasteiger partial charge in [0.05, 0.1) is 0 Å². The van der Waals surface area contributed by atoms with Gasteiger partial charge in [-0.25, -0.2) is 4.79 Å². The van der Waals surface area contributed by atoms with E-state index >= 15 is 0 Å². The van der Waals surface area contributed by atoms with Crippen LogP contribution in [0.3, 0.4) is 0 Å². The molecule has 0 atom stereocenters. The maximum Gasteiger partial charge on any atom is 0.353 e. The second-order valence-corrected chi connectivity index (χ2v) is 2.68. The van der Waals surface area contributed by atoms with Gasteiger partial charge >= 0.3 is 5.97 Å². The van der Waals surface area contributed by atoms with Crippen LogP contribution in [0.1, 0.15) is 5.56 Å². The topological polar surface area (TPSA) is 87.2 Å². The molecule has 4 nitrogen and oxygen atoms in total. The summed E-state index contributed by atoms with van der Waals surface area (Å²) in [5.41, 5.74) is 6.05. The highest BCUT2D eigenvalue weighted by Gasteiger charge is 2.04. The summed E-state index contributed by atoms with van der Waals surface area (Å²) in [7, 11) is 0. The Balaban J connectivity index is 2.91. The van der Waals surface area contributed by atoms with Crippen molar-refractivity contribution in [1.29, 1.82) is 5.41 Å². The molecule has 0 aromatic heterocycles. The Morgan fingerprint density at radius 3 is 2.43 bits per heavy atom. The molecule has 0 heterocycles. The van der Waals surface area contributed by atoms with Crippen LogP contribution in [-0.4, -0.2) is 16.8 Å². The molecule has 0 aliphatic carbocycles. The number of rotatable bonds is 3. The second kappa shape index (κ2) is 4.23. The lowest BCUT2D eigenvalue weighted by Crippen LogP contribution is -2.10. The molecule has 0 bridgehead atoms. The smallest absolute Gasteiger partial charge is 0.353 e. The zero-order valence-corrected chi connectivity index (χ0v) is 7.40. The largest absolute Gasteiger partial charge is 0.477 e. The minimum absolute atomic E-state index is 0.276. The van der Waals surface area contributed by atoms with Crippen molar-refractivity contribution in [3.63, 3.8) is 0 Å². The van der Waals surface area contributed by atoms with Crippen LogP contribution < -0.4 is 5.73 Å². The van der Waals surface area contributed by atoms with E-state index in [1.165, 1.54) is 0 Å². The molecule has 0 saturated heterocycles. The molecule has 1 aromatic rings. The number of carboxylic acids is 1. The molecule has 4 heteroatoms. The lowest BCUT2D eigenvalue weighted by Gasteiger charge is -1.99. The van der Waals surface area contributed by atoms with Crippen LogP contribution in [0.2, 0.25) is 0 Å². The summed E-state index contributed by atoms with van der Waals surface area (Å²) >= 11 is 0. The van der Waals surface area contributed by atoms with E-state index in [1.54, 1.807) is 24.3 Å². The molecular weight excluding hydrogens is 180 g/mol. The van der Waals surface area contributed by atoms with E-state index in [0.717, 1.165) is 6.08 Å². The van der Waals surface area contributed by atoms with Gasteiger partial charge in [-0.1, -0.05) is 30.3 Å². The Labute approximate surface area is 81.2 Å². The van der Waals surface area contributed by atoms with Gasteiger partial charge in [-0.15, -0.1) is 0 Å². The van der Waals surface area contributed by atoms with Gasteiger partial charge in [0.15, 0.2) is 0 Å². The van der Waals surface area contributed by atoms with E-state index in [4.69, 9.17) is 16.2 Å². The number of carbonyl (C=O) groups is 1. The monoisotopic (exact) mass is 190 g/mol. The van der Waals surface area contributed by atoms with E-state index in [-0.39, 0.29) is 5.70 Å². The van der Waals surface area contributed by atoms with E-state index in [9.17, 15) is 4.79 Å². The Bertz CT molecular complexity index is 382. The normalized spacial score (nSPS) is 11.0. The summed E-state index contributed by atoms with van der Waals surface area (Å²) in [6, 6.07) is 8.92.